The molecule has 0 amide bonds. The highest BCUT2D eigenvalue weighted by molar-refractivity contribution is 5.94. The monoisotopic (exact) mass is 167 g/mol. The van der Waals surface area contributed by atoms with Crippen molar-refractivity contribution in [3.05, 3.63) is 29.8 Å². The summed E-state index contributed by atoms with van der Waals surface area (Å²) in [6, 6.07) is 6.18. The first-order chi connectivity index (χ1) is 5.70. The molecule has 66 valence electrons. The average Bonchev–Trinajstić information content (AvgIpc) is 2.09. The van der Waals surface area contributed by atoms with Crippen molar-refractivity contribution in [1.29, 1.82) is 0 Å². The van der Waals surface area contributed by atoms with Crippen molar-refractivity contribution in [1.82, 2.24) is 0 Å². The van der Waals surface area contributed by atoms with Crippen molar-refractivity contribution in [3.8, 4) is 5.75 Å². The van der Waals surface area contributed by atoms with Crippen molar-refractivity contribution in [2.24, 2.45) is 5.73 Å². The lowest BCUT2D eigenvalue weighted by molar-refractivity contribution is 0.101. The van der Waals surface area contributed by atoms with E-state index in [1.807, 2.05) is 0 Å². The first kappa shape index (κ1) is 10.7. The van der Waals surface area contributed by atoms with Gasteiger partial charge in [0.2, 0.25) is 0 Å². The predicted octanol–water partition coefficient (Wildman–Crippen LogP) is 1.17. The minimum Gasteiger partial charge on any atom is -0.508 e. The van der Waals surface area contributed by atoms with Gasteiger partial charge in [-0.2, -0.15) is 0 Å². The number of hydrogen-bond donors (Lipinski definition) is 2. The quantitative estimate of drug-likeness (QED) is 0.617. The van der Waals surface area contributed by atoms with E-state index < -0.39 is 0 Å². The van der Waals surface area contributed by atoms with Gasteiger partial charge in [0.15, 0.2) is 5.78 Å². The number of phenolic OH excluding ortho intramolecular Hbond substituents is 1. The largest absolute Gasteiger partial charge is 0.508 e. The number of nitrogens with two attached hydrogens (primary N) is 1. The third kappa shape index (κ3) is 3.16. The summed E-state index contributed by atoms with van der Waals surface area (Å²) >= 11 is 0. The maximum Gasteiger partial charge on any atom is 0.159 e. The van der Waals surface area contributed by atoms with E-state index in [1.54, 1.807) is 12.1 Å². The molecular formula is C9H13NO2. The van der Waals surface area contributed by atoms with Crippen molar-refractivity contribution >= 4 is 5.78 Å². The van der Waals surface area contributed by atoms with Crippen LogP contribution in [0, 0.1) is 0 Å². The first-order valence-electron chi connectivity index (χ1n) is 3.58. The van der Waals surface area contributed by atoms with Crippen LogP contribution in [0.3, 0.4) is 0 Å². The fourth-order valence-electron chi connectivity index (χ4n) is 0.696. The molecule has 0 aliphatic carbocycles. The number of rotatable bonds is 1. The minimum absolute atomic E-state index is 0.0139. The van der Waals surface area contributed by atoms with Crippen LogP contribution in [0.5, 0.6) is 5.75 Å². The van der Waals surface area contributed by atoms with Gasteiger partial charge in [0.25, 0.3) is 0 Å². The molecule has 0 saturated carbocycles. The molecular weight excluding hydrogens is 154 g/mol. The van der Waals surface area contributed by atoms with Gasteiger partial charge in [-0.1, -0.05) is 0 Å². The Hall–Kier alpha value is -1.35. The molecule has 0 bridgehead atoms. The summed E-state index contributed by atoms with van der Waals surface area (Å²) in [5, 5.41) is 8.83. The molecule has 1 rings (SSSR count). The van der Waals surface area contributed by atoms with E-state index in [-0.39, 0.29) is 11.5 Å². The zero-order valence-electron chi connectivity index (χ0n) is 7.24. The number of phenols is 1. The van der Waals surface area contributed by atoms with Gasteiger partial charge < -0.3 is 10.8 Å². The third-order valence-corrected chi connectivity index (χ3v) is 1.27. The molecule has 0 radical (unpaired) electrons. The van der Waals surface area contributed by atoms with Crippen LogP contribution in [0.1, 0.15) is 17.3 Å². The summed E-state index contributed by atoms with van der Waals surface area (Å²) in [5.41, 5.74) is 5.12. The Bertz CT molecular complexity index is 241. The average molecular weight is 167 g/mol. The number of hydrogen-bond acceptors (Lipinski definition) is 3. The number of aromatic hydroxyl groups is 1. The Labute approximate surface area is 71.8 Å². The van der Waals surface area contributed by atoms with Gasteiger partial charge in [-0.05, 0) is 38.2 Å². The Kier molecular flexibility index (Phi) is 4.72. The second-order valence-corrected chi connectivity index (χ2v) is 2.10. The Morgan fingerprint density at radius 1 is 1.25 bits per heavy atom. The number of benzene rings is 1. The van der Waals surface area contributed by atoms with Gasteiger partial charge in [0, 0.05) is 5.56 Å². The van der Waals surface area contributed by atoms with E-state index in [1.165, 1.54) is 26.1 Å². The highest BCUT2D eigenvalue weighted by atomic mass is 16.3. The van der Waals surface area contributed by atoms with Crippen molar-refractivity contribution in [2.45, 2.75) is 6.92 Å². The highest BCUT2D eigenvalue weighted by Crippen LogP contribution is 2.09. The fraction of sp³-hybridized carbons (Fsp3) is 0.222. The maximum atomic E-state index is 10.7. The lowest BCUT2D eigenvalue weighted by atomic mass is 10.1. The Morgan fingerprint density at radius 3 is 2.00 bits per heavy atom. The molecule has 0 atom stereocenters. The molecule has 3 nitrogen and oxygen atoms in total. The Balaban J connectivity index is 0.000000561. The van der Waals surface area contributed by atoms with Gasteiger partial charge in [0.1, 0.15) is 5.75 Å². The molecule has 0 fully saturated rings. The molecule has 1 aromatic rings. The maximum absolute atomic E-state index is 10.7. The van der Waals surface area contributed by atoms with Gasteiger partial charge in [-0.25, -0.2) is 0 Å². The smallest absolute Gasteiger partial charge is 0.159 e. The van der Waals surface area contributed by atoms with Crippen LogP contribution in [0.25, 0.3) is 0 Å². The highest BCUT2D eigenvalue weighted by Gasteiger charge is 1.96. The minimum atomic E-state index is 0.0139. The third-order valence-electron chi connectivity index (χ3n) is 1.27. The molecule has 0 heterocycles. The summed E-state index contributed by atoms with van der Waals surface area (Å²) in [4.78, 5) is 10.7. The second-order valence-electron chi connectivity index (χ2n) is 2.10. The fourth-order valence-corrected chi connectivity index (χ4v) is 0.696. The molecule has 12 heavy (non-hydrogen) atoms. The zero-order valence-corrected chi connectivity index (χ0v) is 7.24. The van der Waals surface area contributed by atoms with Crippen molar-refractivity contribution < 1.29 is 9.90 Å². The van der Waals surface area contributed by atoms with Gasteiger partial charge in [-0.3, -0.25) is 4.79 Å². The summed E-state index contributed by atoms with van der Waals surface area (Å²) in [5.74, 6) is 0.199. The van der Waals surface area contributed by atoms with E-state index in [2.05, 4.69) is 5.73 Å². The molecule has 0 aliphatic rings. The zero-order chi connectivity index (χ0) is 9.56. The molecule has 0 saturated heterocycles. The molecule has 1 aromatic carbocycles. The topological polar surface area (TPSA) is 63.3 Å². The standard InChI is InChI=1S/C8H8O2.CH5N/c1-6(9)7-2-4-8(10)5-3-7;1-2/h2-5,10H,1H3;2H2,1H3. The number of carbonyl (C=O) groups excluding carboxylic acids is 1. The van der Waals surface area contributed by atoms with Crippen LogP contribution in [-0.2, 0) is 0 Å². The summed E-state index contributed by atoms with van der Waals surface area (Å²) in [7, 11) is 1.50. The molecule has 3 N–H and O–H groups in total. The summed E-state index contributed by atoms with van der Waals surface area (Å²) < 4.78 is 0. The first-order valence-corrected chi connectivity index (χ1v) is 3.58. The lowest BCUT2D eigenvalue weighted by Crippen LogP contribution is -1.89. The molecule has 0 aromatic heterocycles. The summed E-state index contributed by atoms with van der Waals surface area (Å²) in [6.07, 6.45) is 0. The second kappa shape index (κ2) is 5.32. The van der Waals surface area contributed by atoms with Crippen LogP contribution in [0.4, 0.5) is 0 Å². The number of Topliss-reactive ketones (excluding diaryl/α,β-unsaturated/α-hetero) is 1. The molecule has 0 spiro atoms. The van der Waals surface area contributed by atoms with E-state index in [4.69, 9.17) is 5.11 Å². The predicted molar refractivity (Wildman–Crippen MR) is 48.2 cm³/mol. The normalized spacial score (nSPS) is 8.25. The van der Waals surface area contributed by atoms with Crippen molar-refractivity contribution in [3.63, 3.8) is 0 Å². The van der Waals surface area contributed by atoms with Gasteiger partial charge >= 0.3 is 0 Å². The SMILES string of the molecule is CC(=O)c1ccc(O)cc1.CN. The van der Waals surface area contributed by atoms with Crippen LogP contribution in [0.15, 0.2) is 24.3 Å². The number of carbonyl (C=O) groups is 1. The van der Waals surface area contributed by atoms with E-state index in [0.29, 0.717) is 5.56 Å². The van der Waals surface area contributed by atoms with E-state index in [0.717, 1.165) is 0 Å². The lowest BCUT2D eigenvalue weighted by Gasteiger charge is -1.93. The van der Waals surface area contributed by atoms with Gasteiger partial charge in [0.05, 0.1) is 0 Å². The van der Waals surface area contributed by atoms with Crippen LogP contribution in [0.2, 0.25) is 0 Å². The van der Waals surface area contributed by atoms with Crippen LogP contribution in [-0.4, -0.2) is 17.9 Å². The number of ketones is 1. The van der Waals surface area contributed by atoms with Gasteiger partial charge in [-0.15, -0.1) is 0 Å². The van der Waals surface area contributed by atoms with Crippen LogP contribution >= 0.6 is 0 Å². The van der Waals surface area contributed by atoms with Crippen LogP contribution < -0.4 is 5.73 Å². The van der Waals surface area contributed by atoms with E-state index >= 15 is 0 Å². The molecule has 0 aliphatic heterocycles. The summed E-state index contributed by atoms with van der Waals surface area (Å²) in [6.45, 7) is 1.49. The molecule has 0 unspecified atom stereocenters. The molecule has 3 heteroatoms. The van der Waals surface area contributed by atoms with Crippen molar-refractivity contribution in [2.75, 3.05) is 7.05 Å². The van der Waals surface area contributed by atoms with E-state index in [9.17, 15) is 4.79 Å². The Morgan fingerprint density at radius 2 is 1.67 bits per heavy atom.